The molecule has 6 nitrogen and oxygen atoms in total. The van der Waals surface area contributed by atoms with E-state index >= 15 is 0 Å². The van der Waals surface area contributed by atoms with Gasteiger partial charge in [-0.05, 0) is 38.5 Å². The fraction of sp³-hybridized carbons (Fsp3) is 0.480. The van der Waals surface area contributed by atoms with E-state index in [0.717, 1.165) is 74.4 Å². The van der Waals surface area contributed by atoms with Crippen LogP contribution < -0.4 is 5.32 Å². The van der Waals surface area contributed by atoms with E-state index in [-0.39, 0.29) is 5.91 Å². The SMILES string of the molecule is Cn1nc(C(=O)N2CCCCC2)c2c1CC[C@H](NCCc1nc(-c3ccccc3)cs1)C2. The van der Waals surface area contributed by atoms with Crippen LogP contribution in [0.15, 0.2) is 35.7 Å². The van der Waals surface area contributed by atoms with Crippen molar-refractivity contribution < 1.29 is 4.79 Å². The topological polar surface area (TPSA) is 63.1 Å². The number of carbonyl (C=O) groups is 1. The van der Waals surface area contributed by atoms with Crippen molar-refractivity contribution in [3.63, 3.8) is 0 Å². The van der Waals surface area contributed by atoms with Crippen LogP contribution in [0, 0.1) is 0 Å². The van der Waals surface area contributed by atoms with Crippen LogP contribution in [-0.4, -0.2) is 51.2 Å². The largest absolute Gasteiger partial charge is 0.337 e. The number of nitrogens with zero attached hydrogens (tertiary/aromatic N) is 4. The molecule has 0 saturated carbocycles. The Morgan fingerprint density at radius 2 is 2.00 bits per heavy atom. The average molecular weight is 450 g/mol. The number of aryl methyl sites for hydroxylation is 1. The average Bonchev–Trinajstić information content (AvgIpc) is 3.44. The van der Waals surface area contributed by atoms with Crippen LogP contribution in [0.25, 0.3) is 11.3 Å². The summed E-state index contributed by atoms with van der Waals surface area (Å²) in [6, 6.07) is 10.7. The van der Waals surface area contributed by atoms with Gasteiger partial charge in [0.05, 0.1) is 10.7 Å². The molecule has 1 amide bonds. The lowest BCUT2D eigenvalue weighted by Crippen LogP contribution is -2.38. The third kappa shape index (κ3) is 4.50. The molecule has 0 radical (unpaired) electrons. The zero-order chi connectivity index (χ0) is 21.9. The maximum absolute atomic E-state index is 13.1. The van der Waals surface area contributed by atoms with E-state index in [1.165, 1.54) is 17.7 Å². The number of hydrogen-bond donors (Lipinski definition) is 1. The van der Waals surface area contributed by atoms with E-state index in [1.807, 2.05) is 22.7 Å². The van der Waals surface area contributed by atoms with Gasteiger partial charge in [0, 0.05) is 61.3 Å². The van der Waals surface area contributed by atoms with Crippen LogP contribution in [-0.2, 0) is 26.3 Å². The van der Waals surface area contributed by atoms with Gasteiger partial charge >= 0.3 is 0 Å². The minimum atomic E-state index is 0.124. The molecule has 5 rings (SSSR count). The highest BCUT2D eigenvalue weighted by Crippen LogP contribution is 2.26. The Hall–Kier alpha value is -2.51. The summed E-state index contributed by atoms with van der Waals surface area (Å²) < 4.78 is 1.93. The van der Waals surface area contributed by atoms with Gasteiger partial charge in [0.15, 0.2) is 5.69 Å². The standard InChI is InChI=1S/C25H31N5OS/c1-29-22-11-10-19(16-20(22)24(28-29)25(31)30-14-6-3-7-15-30)26-13-12-23-27-21(17-32-23)18-8-4-2-5-9-18/h2,4-5,8-9,17,19,26H,3,6-7,10-16H2,1H3/t19-/m0/s1. The highest BCUT2D eigenvalue weighted by Gasteiger charge is 2.30. The number of carbonyl (C=O) groups excluding carboxylic acids is 1. The summed E-state index contributed by atoms with van der Waals surface area (Å²) in [6.07, 6.45) is 7.29. The van der Waals surface area contributed by atoms with Crippen LogP contribution in [0.5, 0.6) is 0 Å². The highest BCUT2D eigenvalue weighted by molar-refractivity contribution is 7.09. The van der Waals surface area contributed by atoms with Gasteiger partial charge in [-0.1, -0.05) is 30.3 Å². The minimum absolute atomic E-state index is 0.124. The summed E-state index contributed by atoms with van der Waals surface area (Å²) in [4.78, 5) is 19.9. The van der Waals surface area contributed by atoms with Crippen LogP contribution in [0.1, 0.15) is 52.4 Å². The molecule has 32 heavy (non-hydrogen) atoms. The van der Waals surface area contributed by atoms with E-state index in [9.17, 15) is 4.79 Å². The smallest absolute Gasteiger partial charge is 0.274 e. The number of nitrogens with one attached hydrogen (secondary N) is 1. The highest BCUT2D eigenvalue weighted by atomic mass is 32.1. The zero-order valence-electron chi connectivity index (χ0n) is 18.7. The normalized spacial score (nSPS) is 18.5. The van der Waals surface area contributed by atoms with E-state index in [1.54, 1.807) is 11.3 Å². The van der Waals surface area contributed by atoms with Gasteiger partial charge in [0.25, 0.3) is 5.91 Å². The number of piperidine rings is 1. The molecule has 168 valence electrons. The second kappa shape index (κ2) is 9.55. The zero-order valence-corrected chi connectivity index (χ0v) is 19.5. The lowest BCUT2D eigenvalue weighted by Gasteiger charge is -2.27. The van der Waals surface area contributed by atoms with Crippen molar-refractivity contribution in [1.29, 1.82) is 0 Å². The molecule has 1 fully saturated rings. The fourth-order valence-corrected chi connectivity index (χ4v) is 5.74. The third-order valence-corrected chi connectivity index (χ3v) is 7.60. The summed E-state index contributed by atoms with van der Waals surface area (Å²) >= 11 is 1.73. The number of rotatable bonds is 6. The molecule has 1 aliphatic carbocycles. The molecular formula is C25H31N5OS. The van der Waals surface area contributed by atoms with Crippen molar-refractivity contribution in [2.75, 3.05) is 19.6 Å². The molecule has 3 heterocycles. The van der Waals surface area contributed by atoms with Crippen molar-refractivity contribution in [1.82, 2.24) is 25.0 Å². The summed E-state index contributed by atoms with van der Waals surface area (Å²) in [5.41, 5.74) is 5.31. The maximum Gasteiger partial charge on any atom is 0.274 e. The van der Waals surface area contributed by atoms with Gasteiger partial charge in [-0.2, -0.15) is 5.10 Å². The monoisotopic (exact) mass is 449 g/mol. The third-order valence-electron chi connectivity index (χ3n) is 6.69. The van der Waals surface area contributed by atoms with Gasteiger partial charge in [-0.15, -0.1) is 11.3 Å². The van der Waals surface area contributed by atoms with Crippen molar-refractivity contribution >= 4 is 17.2 Å². The summed E-state index contributed by atoms with van der Waals surface area (Å²) in [5, 5.41) is 11.7. The van der Waals surface area contributed by atoms with Gasteiger partial charge < -0.3 is 10.2 Å². The first-order chi connectivity index (χ1) is 15.7. The van der Waals surface area contributed by atoms with Gasteiger partial charge in [-0.3, -0.25) is 9.48 Å². The lowest BCUT2D eigenvalue weighted by atomic mass is 9.91. The lowest BCUT2D eigenvalue weighted by molar-refractivity contribution is 0.0716. The molecular weight excluding hydrogens is 418 g/mol. The Morgan fingerprint density at radius 3 is 2.81 bits per heavy atom. The molecule has 3 aromatic rings. The quantitative estimate of drug-likeness (QED) is 0.621. The Balaban J connectivity index is 1.19. The van der Waals surface area contributed by atoms with E-state index in [4.69, 9.17) is 4.98 Å². The molecule has 1 N–H and O–H groups in total. The molecule has 1 saturated heterocycles. The van der Waals surface area contributed by atoms with E-state index in [0.29, 0.717) is 11.7 Å². The Labute approximate surface area is 193 Å². The molecule has 1 atom stereocenters. The van der Waals surface area contributed by atoms with E-state index in [2.05, 4.69) is 40.1 Å². The maximum atomic E-state index is 13.1. The predicted octanol–water partition coefficient (Wildman–Crippen LogP) is 3.86. The number of aromatic nitrogens is 3. The van der Waals surface area contributed by atoms with Crippen LogP contribution in [0.2, 0.25) is 0 Å². The van der Waals surface area contributed by atoms with Crippen LogP contribution in [0.4, 0.5) is 0 Å². The molecule has 1 aliphatic heterocycles. The molecule has 2 aromatic heterocycles. The van der Waals surface area contributed by atoms with Crippen molar-refractivity contribution in [2.24, 2.45) is 7.05 Å². The van der Waals surface area contributed by atoms with E-state index < -0.39 is 0 Å². The summed E-state index contributed by atoms with van der Waals surface area (Å²) in [7, 11) is 1.98. The number of likely N-dealkylation sites (tertiary alicyclic amines) is 1. The molecule has 1 aromatic carbocycles. The number of amides is 1. The molecule has 7 heteroatoms. The first-order valence-electron chi connectivity index (χ1n) is 11.8. The molecule has 0 spiro atoms. The molecule has 0 unspecified atom stereocenters. The predicted molar refractivity (Wildman–Crippen MR) is 128 cm³/mol. The second-order valence-corrected chi connectivity index (χ2v) is 9.83. The second-order valence-electron chi connectivity index (χ2n) is 8.89. The molecule has 0 bridgehead atoms. The number of benzene rings is 1. The minimum Gasteiger partial charge on any atom is -0.337 e. The number of fused-ring (bicyclic) bond motifs is 1. The Bertz CT molecular complexity index is 1070. The Kier molecular flexibility index (Phi) is 6.37. The fourth-order valence-electron chi connectivity index (χ4n) is 4.93. The van der Waals surface area contributed by atoms with Crippen molar-refractivity contribution in [3.8, 4) is 11.3 Å². The summed E-state index contributed by atoms with van der Waals surface area (Å²) in [6.45, 7) is 2.63. The summed E-state index contributed by atoms with van der Waals surface area (Å²) in [5.74, 6) is 0.124. The van der Waals surface area contributed by atoms with Gasteiger partial charge in [0.1, 0.15) is 0 Å². The van der Waals surface area contributed by atoms with Gasteiger partial charge in [-0.25, -0.2) is 4.98 Å². The van der Waals surface area contributed by atoms with Crippen molar-refractivity contribution in [3.05, 3.63) is 57.7 Å². The van der Waals surface area contributed by atoms with Crippen molar-refractivity contribution in [2.45, 2.75) is 51.0 Å². The van der Waals surface area contributed by atoms with Gasteiger partial charge in [0.2, 0.25) is 0 Å². The number of hydrogen-bond acceptors (Lipinski definition) is 5. The number of thiazole rings is 1. The Morgan fingerprint density at radius 1 is 1.19 bits per heavy atom. The first-order valence-corrected chi connectivity index (χ1v) is 12.6. The first kappa shape index (κ1) is 21.3. The van der Waals surface area contributed by atoms with Crippen LogP contribution in [0.3, 0.4) is 0 Å². The molecule has 2 aliphatic rings. The van der Waals surface area contributed by atoms with Crippen LogP contribution >= 0.6 is 11.3 Å².